The van der Waals surface area contributed by atoms with Crippen LogP contribution in [0.5, 0.6) is 0 Å². The van der Waals surface area contributed by atoms with Gasteiger partial charge in [0.2, 0.25) is 0 Å². The van der Waals surface area contributed by atoms with Gasteiger partial charge in [0.1, 0.15) is 10.8 Å². The van der Waals surface area contributed by atoms with E-state index >= 15 is 0 Å². The number of amides is 1. The molecule has 0 saturated carbocycles. The molecule has 1 amide bonds. The van der Waals surface area contributed by atoms with E-state index in [1.54, 1.807) is 40.5 Å². The van der Waals surface area contributed by atoms with Crippen molar-refractivity contribution < 1.29 is 4.79 Å². The minimum atomic E-state index is -0.122. The van der Waals surface area contributed by atoms with Gasteiger partial charge in [0.05, 0.1) is 11.6 Å². The molecule has 19 heavy (non-hydrogen) atoms. The van der Waals surface area contributed by atoms with Gasteiger partial charge in [-0.25, -0.2) is 0 Å². The molecule has 0 aliphatic carbocycles. The van der Waals surface area contributed by atoms with Crippen molar-refractivity contribution in [2.75, 3.05) is 13.6 Å². The van der Waals surface area contributed by atoms with Gasteiger partial charge in [0, 0.05) is 33.0 Å². The number of carbonyl (C=O) groups excluding carboxylic acids is 1. The van der Waals surface area contributed by atoms with Crippen molar-refractivity contribution in [2.24, 2.45) is 7.05 Å². The predicted molar refractivity (Wildman–Crippen MR) is 74.6 cm³/mol. The third-order valence-electron chi connectivity index (χ3n) is 2.91. The number of hydrogen-bond donors (Lipinski definition) is 0. The van der Waals surface area contributed by atoms with Gasteiger partial charge < -0.3 is 9.47 Å². The zero-order valence-electron chi connectivity index (χ0n) is 10.7. The summed E-state index contributed by atoms with van der Waals surface area (Å²) in [4.78, 5) is 13.9. The highest BCUT2D eigenvalue weighted by atomic mass is 35.5. The van der Waals surface area contributed by atoms with Crippen LogP contribution in [0.1, 0.15) is 10.5 Å². The second-order valence-corrected chi connectivity index (χ2v) is 4.99. The average molecular weight is 301 g/mol. The predicted octanol–water partition coefficient (Wildman–Crippen LogP) is 2.30. The number of likely N-dealkylation sites (N-methyl/N-ethyl adjacent to an activating group) is 1. The second-order valence-electron chi connectivity index (χ2n) is 4.22. The van der Waals surface area contributed by atoms with Gasteiger partial charge in [-0.3, -0.25) is 9.48 Å². The van der Waals surface area contributed by atoms with Crippen LogP contribution in [0.2, 0.25) is 10.2 Å². The maximum absolute atomic E-state index is 12.2. The number of rotatable bonds is 4. The van der Waals surface area contributed by atoms with E-state index in [2.05, 4.69) is 5.10 Å². The van der Waals surface area contributed by atoms with Crippen molar-refractivity contribution >= 4 is 29.1 Å². The molecule has 0 spiro atoms. The average Bonchev–Trinajstić information content (AvgIpc) is 2.99. The lowest BCUT2D eigenvalue weighted by molar-refractivity contribution is 0.0779. The van der Waals surface area contributed by atoms with E-state index in [9.17, 15) is 4.79 Å². The van der Waals surface area contributed by atoms with Gasteiger partial charge in [-0.1, -0.05) is 23.2 Å². The van der Waals surface area contributed by atoms with Gasteiger partial charge in [0.25, 0.3) is 5.91 Å². The zero-order chi connectivity index (χ0) is 14.0. The van der Waals surface area contributed by atoms with Crippen LogP contribution in [0, 0.1) is 0 Å². The first-order chi connectivity index (χ1) is 9.00. The molecule has 5 nitrogen and oxygen atoms in total. The van der Waals surface area contributed by atoms with E-state index in [0.717, 1.165) is 0 Å². The molecule has 0 fully saturated rings. The summed E-state index contributed by atoms with van der Waals surface area (Å²) in [7, 11) is 3.45. The first-order valence-electron chi connectivity index (χ1n) is 5.74. The van der Waals surface area contributed by atoms with Crippen LogP contribution in [0.15, 0.2) is 24.5 Å². The standard InChI is InChI=1S/C12H14Cl2N4O/c1-16(6-7-18-5-3-4-15-18)12(19)10-8-9(13)11(14)17(10)2/h3-5,8H,6-7H2,1-2H3. The molecule has 0 aliphatic rings. The fraction of sp³-hybridized carbons (Fsp3) is 0.333. The number of nitrogens with zero attached hydrogens (tertiary/aromatic N) is 4. The maximum atomic E-state index is 12.2. The normalized spacial score (nSPS) is 10.7. The summed E-state index contributed by atoms with van der Waals surface area (Å²) in [5, 5.41) is 4.84. The van der Waals surface area contributed by atoms with Crippen LogP contribution in [0.4, 0.5) is 0 Å². The molecule has 102 valence electrons. The minimum Gasteiger partial charge on any atom is -0.339 e. The number of aromatic nitrogens is 3. The molecule has 0 atom stereocenters. The molecule has 0 aromatic carbocycles. The summed E-state index contributed by atoms with van der Waals surface area (Å²) in [6.45, 7) is 1.20. The van der Waals surface area contributed by atoms with E-state index in [0.29, 0.717) is 29.0 Å². The first-order valence-corrected chi connectivity index (χ1v) is 6.50. The van der Waals surface area contributed by atoms with Crippen LogP contribution < -0.4 is 0 Å². The number of halogens is 2. The van der Waals surface area contributed by atoms with E-state index in [-0.39, 0.29) is 5.91 Å². The Bertz CT molecular complexity index is 577. The summed E-state index contributed by atoms with van der Waals surface area (Å²) in [6.07, 6.45) is 3.56. The van der Waals surface area contributed by atoms with Crippen molar-refractivity contribution in [3.8, 4) is 0 Å². The van der Waals surface area contributed by atoms with Gasteiger partial charge >= 0.3 is 0 Å². The van der Waals surface area contributed by atoms with Gasteiger partial charge in [-0.15, -0.1) is 0 Å². The molecule has 2 aromatic rings. The Morgan fingerprint density at radius 2 is 2.21 bits per heavy atom. The van der Waals surface area contributed by atoms with Crippen LogP contribution in [0.3, 0.4) is 0 Å². The summed E-state index contributed by atoms with van der Waals surface area (Å²) in [5.41, 5.74) is 0.470. The third-order valence-corrected chi connectivity index (χ3v) is 3.75. The Morgan fingerprint density at radius 1 is 1.47 bits per heavy atom. The molecular weight excluding hydrogens is 287 g/mol. The van der Waals surface area contributed by atoms with Crippen LogP contribution in [-0.4, -0.2) is 38.7 Å². The molecule has 0 bridgehead atoms. The lowest BCUT2D eigenvalue weighted by Crippen LogP contribution is -2.31. The summed E-state index contributed by atoms with van der Waals surface area (Å²) < 4.78 is 3.35. The number of carbonyl (C=O) groups is 1. The largest absolute Gasteiger partial charge is 0.339 e. The minimum absolute atomic E-state index is 0.122. The molecule has 2 heterocycles. The Balaban J connectivity index is 2.04. The van der Waals surface area contributed by atoms with E-state index in [1.165, 1.54) is 0 Å². The molecule has 0 radical (unpaired) electrons. The molecule has 2 aromatic heterocycles. The second kappa shape index (κ2) is 5.67. The van der Waals surface area contributed by atoms with E-state index in [4.69, 9.17) is 23.2 Å². The lowest BCUT2D eigenvalue weighted by atomic mass is 10.3. The maximum Gasteiger partial charge on any atom is 0.270 e. The first kappa shape index (κ1) is 14.0. The lowest BCUT2D eigenvalue weighted by Gasteiger charge is -2.17. The molecule has 0 N–H and O–H groups in total. The number of hydrogen-bond acceptors (Lipinski definition) is 2. The van der Waals surface area contributed by atoms with Gasteiger partial charge in [0.15, 0.2) is 0 Å². The summed E-state index contributed by atoms with van der Waals surface area (Å²) in [5.74, 6) is -0.122. The molecule has 2 rings (SSSR count). The highest BCUT2D eigenvalue weighted by Crippen LogP contribution is 2.25. The SMILES string of the molecule is CN(CCn1cccn1)C(=O)c1cc(Cl)c(Cl)n1C. The van der Waals surface area contributed by atoms with Gasteiger partial charge in [-0.2, -0.15) is 5.10 Å². The van der Waals surface area contributed by atoms with E-state index < -0.39 is 0 Å². The Labute approximate surface area is 121 Å². The van der Waals surface area contributed by atoms with Crippen LogP contribution >= 0.6 is 23.2 Å². The quantitative estimate of drug-likeness (QED) is 0.869. The molecule has 0 unspecified atom stereocenters. The monoisotopic (exact) mass is 300 g/mol. The van der Waals surface area contributed by atoms with Crippen molar-refractivity contribution in [3.05, 3.63) is 40.4 Å². The van der Waals surface area contributed by atoms with Crippen molar-refractivity contribution in [2.45, 2.75) is 6.54 Å². The third kappa shape index (κ3) is 2.93. The highest BCUT2D eigenvalue weighted by molar-refractivity contribution is 6.41. The van der Waals surface area contributed by atoms with E-state index in [1.807, 2.05) is 12.3 Å². The summed E-state index contributed by atoms with van der Waals surface area (Å²) >= 11 is 11.9. The van der Waals surface area contributed by atoms with Crippen LogP contribution in [0.25, 0.3) is 0 Å². The summed E-state index contributed by atoms with van der Waals surface area (Å²) in [6, 6.07) is 3.43. The van der Waals surface area contributed by atoms with Crippen LogP contribution in [-0.2, 0) is 13.6 Å². The Kier molecular flexibility index (Phi) is 4.17. The van der Waals surface area contributed by atoms with Crippen molar-refractivity contribution in [1.82, 2.24) is 19.2 Å². The fourth-order valence-corrected chi connectivity index (χ4v) is 2.11. The smallest absolute Gasteiger partial charge is 0.270 e. The molecule has 0 aliphatic heterocycles. The fourth-order valence-electron chi connectivity index (χ4n) is 1.73. The zero-order valence-corrected chi connectivity index (χ0v) is 12.2. The molecule has 7 heteroatoms. The van der Waals surface area contributed by atoms with Crippen molar-refractivity contribution in [3.63, 3.8) is 0 Å². The molecular formula is C12H14Cl2N4O. The van der Waals surface area contributed by atoms with Crippen molar-refractivity contribution in [1.29, 1.82) is 0 Å². The Morgan fingerprint density at radius 3 is 2.74 bits per heavy atom. The molecule has 0 saturated heterocycles. The highest BCUT2D eigenvalue weighted by Gasteiger charge is 2.18. The topological polar surface area (TPSA) is 43.1 Å². The van der Waals surface area contributed by atoms with Gasteiger partial charge in [-0.05, 0) is 12.1 Å². The Hall–Kier alpha value is -1.46.